The van der Waals surface area contributed by atoms with Crippen LogP contribution in [0.1, 0.15) is 65.2 Å². The van der Waals surface area contributed by atoms with E-state index in [0.29, 0.717) is 25.4 Å². The molecular formula is C16H28O4. The third-order valence-corrected chi connectivity index (χ3v) is 4.36. The molecule has 1 aliphatic carbocycles. The van der Waals surface area contributed by atoms with Crippen LogP contribution in [0.15, 0.2) is 0 Å². The highest BCUT2D eigenvalue weighted by Crippen LogP contribution is 2.30. The van der Waals surface area contributed by atoms with Gasteiger partial charge in [0.15, 0.2) is 0 Å². The Labute approximate surface area is 121 Å². The molecule has 0 amide bonds. The van der Waals surface area contributed by atoms with Crippen molar-refractivity contribution < 1.29 is 19.4 Å². The second-order valence-electron chi connectivity index (χ2n) is 5.95. The number of carbonyl (C=O) groups is 2. The van der Waals surface area contributed by atoms with E-state index in [1.807, 2.05) is 0 Å². The smallest absolute Gasteiger partial charge is 0.308 e. The first-order valence-corrected chi connectivity index (χ1v) is 7.97. The molecule has 1 rings (SSSR count). The molecule has 3 atom stereocenters. The van der Waals surface area contributed by atoms with Gasteiger partial charge in [-0.2, -0.15) is 0 Å². The van der Waals surface area contributed by atoms with Gasteiger partial charge in [-0.1, -0.05) is 39.5 Å². The molecule has 4 heteroatoms. The molecule has 116 valence electrons. The molecule has 20 heavy (non-hydrogen) atoms. The number of esters is 1. The van der Waals surface area contributed by atoms with Gasteiger partial charge in [0.05, 0.1) is 18.4 Å². The Morgan fingerprint density at radius 2 is 1.95 bits per heavy atom. The number of carboxylic acids is 1. The number of hydrogen-bond donors (Lipinski definition) is 1. The normalized spacial score (nSPS) is 24.1. The van der Waals surface area contributed by atoms with Gasteiger partial charge in [0, 0.05) is 0 Å². The summed E-state index contributed by atoms with van der Waals surface area (Å²) in [6, 6.07) is 0. The van der Waals surface area contributed by atoms with Crippen molar-refractivity contribution in [3.63, 3.8) is 0 Å². The van der Waals surface area contributed by atoms with Crippen LogP contribution < -0.4 is 0 Å². The summed E-state index contributed by atoms with van der Waals surface area (Å²) in [6.07, 6.45) is 7.16. The molecule has 4 nitrogen and oxygen atoms in total. The lowest BCUT2D eigenvalue weighted by atomic mass is 9.81. The lowest BCUT2D eigenvalue weighted by Gasteiger charge is -2.25. The molecule has 0 bridgehead atoms. The molecule has 0 spiro atoms. The van der Waals surface area contributed by atoms with Gasteiger partial charge in [-0.05, 0) is 31.6 Å². The van der Waals surface area contributed by atoms with Gasteiger partial charge in [-0.3, -0.25) is 9.59 Å². The minimum absolute atomic E-state index is 0.189. The molecule has 0 saturated heterocycles. The summed E-state index contributed by atoms with van der Waals surface area (Å²) in [5.74, 6) is -1.11. The van der Waals surface area contributed by atoms with Gasteiger partial charge >= 0.3 is 11.9 Å². The van der Waals surface area contributed by atoms with Crippen molar-refractivity contribution in [2.45, 2.75) is 65.2 Å². The van der Waals surface area contributed by atoms with Gasteiger partial charge in [0.25, 0.3) is 0 Å². The van der Waals surface area contributed by atoms with E-state index < -0.39 is 5.97 Å². The van der Waals surface area contributed by atoms with Gasteiger partial charge in [-0.25, -0.2) is 0 Å². The number of carbonyl (C=O) groups excluding carboxylic acids is 1. The van der Waals surface area contributed by atoms with Gasteiger partial charge in [-0.15, -0.1) is 0 Å². The first kappa shape index (κ1) is 17.0. The highest BCUT2D eigenvalue weighted by Gasteiger charge is 2.32. The van der Waals surface area contributed by atoms with Gasteiger partial charge in [0.1, 0.15) is 0 Å². The van der Waals surface area contributed by atoms with E-state index in [1.54, 1.807) is 0 Å². The largest absolute Gasteiger partial charge is 0.481 e. The summed E-state index contributed by atoms with van der Waals surface area (Å²) in [5.41, 5.74) is 0. The summed E-state index contributed by atoms with van der Waals surface area (Å²) >= 11 is 0. The Kier molecular flexibility index (Phi) is 7.63. The maximum Gasteiger partial charge on any atom is 0.308 e. The first-order chi connectivity index (χ1) is 9.58. The predicted octanol–water partition coefficient (Wildman–Crippen LogP) is 3.64. The lowest BCUT2D eigenvalue weighted by molar-refractivity contribution is -0.153. The van der Waals surface area contributed by atoms with E-state index in [9.17, 15) is 9.59 Å². The fourth-order valence-electron chi connectivity index (χ4n) is 2.84. The third kappa shape index (κ3) is 5.51. The van der Waals surface area contributed by atoms with Crippen LogP contribution in [0.3, 0.4) is 0 Å². The molecule has 0 aromatic carbocycles. The standard InChI is InChI=1S/C16H28O4/c1-3-5-7-12(4-2)11-20-16(19)14-9-6-8-13(10-14)15(17)18/h12-14H,3-11H2,1-2H3,(H,17,18). The van der Waals surface area contributed by atoms with Gasteiger partial charge in [0.2, 0.25) is 0 Å². The number of unbranched alkanes of at least 4 members (excludes halogenated alkanes) is 1. The Hall–Kier alpha value is -1.06. The Bertz CT molecular complexity index is 314. The first-order valence-electron chi connectivity index (χ1n) is 7.97. The summed E-state index contributed by atoms with van der Waals surface area (Å²) in [7, 11) is 0. The van der Waals surface area contributed by atoms with Crippen molar-refractivity contribution in [3.05, 3.63) is 0 Å². The molecule has 1 saturated carbocycles. The number of carboxylic acid groups (broad SMARTS) is 1. The zero-order valence-electron chi connectivity index (χ0n) is 12.8. The number of rotatable bonds is 8. The second-order valence-corrected chi connectivity index (χ2v) is 5.95. The second kappa shape index (κ2) is 8.98. The van der Waals surface area contributed by atoms with Crippen LogP contribution in [0.25, 0.3) is 0 Å². The molecule has 3 unspecified atom stereocenters. The Balaban J connectivity index is 2.35. The highest BCUT2D eigenvalue weighted by molar-refractivity contribution is 5.75. The van der Waals surface area contributed by atoms with E-state index in [2.05, 4.69) is 13.8 Å². The van der Waals surface area contributed by atoms with Crippen molar-refractivity contribution in [2.75, 3.05) is 6.61 Å². The maximum atomic E-state index is 12.0. The lowest BCUT2D eigenvalue weighted by Crippen LogP contribution is -2.29. The quantitative estimate of drug-likeness (QED) is 0.691. The minimum atomic E-state index is -0.781. The predicted molar refractivity (Wildman–Crippen MR) is 77.3 cm³/mol. The van der Waals surface area contributed by atoms with Crippen LogP contribution in [-0.4, -0.2) is 23.7 Å². The minimum Gasteiger partial charge on any atom is -0.481 e. The van der Waals surface area contributed by atoms with E-state index in [4.69, 9.17) is 9.84 Å². The molecule has 1 aliphatic rings. The van der Waals surface area contributed by atoms with Crippen LogP contribution in [0, 0.1) is 17.8 Å². The molecular weight excluding hydrogens is 256 g/mol. The maximum absolute atomic E-state index is 12.0. The summed E-state index contributed by atoms with van der Waals surface area (Å²) < 4.78 is 5.43. The van der Waals surface area contributed by atoms with Crippen LogP contribution in [0.5, 0.6) is 0 Å². The fraction of sp³-hybridized carbons (Fsp3) is 0.875. The van der Waals surface area contributed by atoms with E-state index in [0.717, 1.165) is 32.1 Å². The van der Waals surface area contributed by atoms with Crippen LogP contribution >= 0.6 is 0 Å². The van der Waals surface area contributed by atoms with E-state index in [1.165, 1.54) is 6.42 Å². The number of aliphatic carboxylic acids is 1. The molecule has 1 N–H and O–H groups in total. The van der Waals surface area contributed by atoms with E-state index in [-0.39, 0.29) is 17.8 Å². The fourth-order valence-corrected chi connectivity index (χ4v) is 2.84. The zero-order chi connectivity index (χ0) is 15.0. The number of ether oxygens (including phenoxy) is 1. The molecule has 0 aromatic rings. The van der Waals surface area contributed by atoms with Crippen molar-refractivity contribution in [1.29, 1.82) is 0 Å². The van der Waals surface area contributed by atoms with Crippen LogP contribution in [0.4, 0.5) is 0 Å². The average Bonchev–Trinajstić information content (AvgIpc) is 2.47. The van der Waals surface area contributed by atoms with Crippen LogP contribution in [0.2, 0.25) is 0 Å². The molecule has 1 fully saturated rings. The number of hydrogen-bond acceptors (Lipinski definition) is 3. The van der Waals surface area contributed by atoms with Gasteiger partial charge < -0.3 is 9.84 Å². The Morgan fingerprint density at radius 3 is 2.55 bits per heavy atom. The van der Waals surface area contributed by atoms with Crippen molar-refractivity contribution in [3.8, 4) is 0 Å². The topological polar surface area (TPSA) is 63.6 Å². The summed E-state index contributed by atoms with van der Waals surface area (Å²) in [6.45, 7) is 4.77. The summed E-state index contributed by atoms with van der Waals surface area (Å²) in [4.78, 5) is 23.0. The SMILES string of the molecule is CCCCC(CC)COC(=O)C1CCCC(C(=O)O)C1. The molecule has 0 aromatic heterocycles. The van der Waals surface area contributed by atoms with E-state index >= 15 is 0 Å². The van der Waals surface area contributed by atoms with Crippen molar-refractivity contribution in [1.82, 2.24) is 0 Å². The average molecular weight is 284 g/mol. The third-order valence-electron chi connectivity index (χ3n) is 4.36. The van der Waals surface area contributed by atoms with Crippen LogP contribution in [-0.2, 0) is 14.3 Å². The van der Waals surface area contributed by atoms with Crippen molar-refractivity contribution >= 4 is 11.9 Å². The Morgan fingerprint density at radius 1 is 1.25 bits per heavy atom. The molecule has 0 aliphatic heterocycles. The monoisotopic (exact) mass is 284 g/mol. The molecule has 0 radical (unpaired) electrons. The summed E-state index contributed by atoms with van der Waals surface area (Å²) in [5, 5.41) is 9.04. The molecule has 0 heterocycles. The zero-order valence-corrected chi connectivity index (χ0v) is 12.8. The highest BCUT2D eigenvalue weighted by atomic mass is 16.5. The van der Waals surface area contributed by atoms with Crippen molar-refractivity contribution in [2.24, 2.45) is 17.8 Å².